The molecule has 0 amide bonds. The standard InChI is InChI=1S/C15H19N3S2/c1-11-15(13-6-4-3-5-7-13)18(8-9-19-11)10-14-17-16-12(2)20-14/h3-7,11,15H,8-10H2,1-2H3/t11-,15+/m1/s1. The molecule has 0 aliphatic carbocycles. The van der Waals surface area contributed by atoms with E-state index in [1.165, 1.54) is 11.3 Å². The molecule has 0 bridgehead atoms. The van der Waals surface area contributed by atoms with Gasteiger partial charge in [-0.25, -0.2) is 0 Å². The van der Waals surface area contributed by atoms with E-state index in [-0.39, 0.29) is 0 Å². The van der Waals surface area contributed by atoms with Crippen molar-refractivity contribution in [2.75, 3.05) is 12.3 Å². The summed E-state index contributed by atoms with van der Waals surface area (Å²) < 4.78 is 0. The van der Waals surface area contributed by atoms with E-state index >= 15 is 0 Å². The molecule has 0 radical (unpaired) electrons. The van der Waals surface area contributed by atoms with Gasteiger partial charge >= 0.3 is 0 Å². The number of thioether (sulfide) groups is 1. The van der Waals surface area contributed by atoms with Crippen LogP contribution in [0.1, 0.15) is 28.5 Å². The first-order valence-electron chi connectivity index (χ1n) is 6.93. The van der Waals surface area contributed by atoms with Gasteiger partial charge in [0.15, 0.2) is 0 Å². The van der Waals surface area contributed by atoms with Crippen molar-refractivity contribution < 1.29 is 0 Å². The van der Waals surface area contributed by atoms with Gasteiger partial charge in [-0.3, -0.25) is 4.90 Å². The van der Waals surface area contributed by atoms with Crippen LogP contribution in [0.2, 0.25) is 0 Å². The number of hydrogen-bond donors (Lipinski definition) is 0. The first-order chi connectivity index (χ1) is 9.74. The average molecular weight is 305 g/mol. The zero-order valence-corrected chi connectivity index (χ0v) is 13.5. The van der Waals surface area contributed by atoms with Crippen LogP contribution in [0.3, 0.4) is 0 Å². The molecule has 2 aromatic rings. The predicted molar refractivity (Wildman–Crippen MR) is 86.2 cm³/mol. The Balaban J connectivity index is 1.83. The third-order valence-electron chi connectivity index (χ3n) is 3.64. The van der Waals surface area contributed by atoms with Crippen LogP contribution in [0.15, 0.2) is 30.3 Å². The maximum absolute atomic E-state index is 4.28. The van der Waals surface area contributed by atoms with Crippen LogP contribution in [-0.2, 0) is 6.54 Å². The molecule has 1 aliphatic heterocycles. The normalized spacial score (nSPS) is 23.9. The number of rotatable bonds is 3. The Labute approximate surface area is 128 Å². The Bertz CT molecular complexity index is 555. The van der Waals surface area contributed by atoms with Gasteiger partial charge in [0, 0.05) is 23.6 Å². The lowest BCUT2D eigenvalue weighted by atomic mass is 10.0. The summed E-state index contributed by atoms with van der Waals surface area (Å²) in [5, 5.41) is 11.2. The second kappa shape index (κ2) is 6.24. The lowest BCUT2D eigenvalue weighted by Crippen LogP contribution is -2.39. The molecule has 3 nitrogen and oxygen atoms in total. The van der Waals surface area contributed by atoms with E-state index in [1.807, 2.05) is 6.92 Å². The van der Waals surface area contributed by atoms with Crippen molar-refractivity contribution in [1.82, 2.24) is 15.1 Å². The highest BCUT2D eigenvalue weighted by Crippen LogP contribution is 2.36. The van der Waals surface area contributed by atoms with Gasteiger partial charge in [0.2, 0.25) is 0 Å². The molecular formula is C15H19N3S2. The van der Waals surface area contributed by atoms with E-state index in [1.54, 1.807) is 11.3 Å². The van der Waals surface area contributed by atoms with Gasteiger partial charge in [-0.1, -0.05) is 37.3 Å². The molecule has 1 saturated heterocycles. The number of nitrogens with zero attached hydrogens (tertiary/aromatic N) is 3. The maximum Gasteiger partial charge on any atom is 0.131 e. The average Bonchev–Trinajstić information content (AvgIpc) is 2.85. The van der Waals surface area contributed by atoms with E-state index in [0.717, 1.165) is 23.1 Å². The van der Waals surface area contributed by atoms with Crippen LogP contribution < -0.4 is 0 Å². The van der Waals surface area contributed by atoms with Crippen LogP contribution in [0.4, 0.5) is 0 Å². The summed E-state index contributed by atoms with van der Waals surface area (Å²) in [6.07, 6.45) is 0. The van der Waals surface area contributed by atoms with Gasteiger partial charge in [0.1, 0.15) is 10.0 Å². The van der Waals surface area contributed by atoms with Crippen LogP contribution in [0.25, 0.3) is 0 Å². The predicted octanol–water partition coefficient (Wildman–Crippen LogP) is 3.53. The van der Waals surface area contributed by atoms with E-state index in [4.69, 9.17) is 0 Å². The lowest BCUT2D eigenvalue weighted by molar-refractivity contribution is 0.191. The molecule has 0 unspecified atom stereocenters. The quantitative estimate of drug-likeness (QED) is 0.867. The zero-order chi connectivity index (χ0) is 13.9. The van der Waals surface area contributed by atoms with Crippen LogP contribution >= 0.6 is 23.1 Å². The summed E-state index contributed by atoms with van der Waals surface area (Å²) >= 11 is 3.78. The molecule has 0 saturated carbocycles. The Morgan fingerprint density at radius 2 is 2.05 bits per heavy atom. The van der Waals surface area contributed by atoms with Crippen molar-refractivity contribution in [1.29, 1.82) is 0 Å². The van der Waals surface area contributed by atoms with Crippen molar-refractivity contribution >= 4 is 23.1 Å². The SMILES string of the molecule is Cc1nnc(CN2CCS[C@H](C)[C@H]2c2ccccc2)s1. The minimum atomic E-state index is 0.471. The topological polar surface area (TPSA) is 29.0 Å². The Morgan fingerprint density at radius 3 is 2.75 bits per heavy atom. The van der Waals surface area contributed by atoms with Gasteiger partial charge in [0.25, 0.3) is 0 Å². The fourth-order valence-electron chi connectivity index (χ4n) is 2.77. The van der Waals surface area contributed by atoms with Crippen molar-refractivity contribution in [2.24, 2.45) is 0 Å². The lowest BCUT2D eigenvalue weighted by Gasteiger charge is -2.39. The molecule has 0 spiro atoms. The largest absolute Gasteiger partial charge is 0.288 e. The minimum absolute atomic E-state index is 0.471. The highest BCUT2D eigenvalue weighted by molar-refractivity contribution is 8.00. The molecule has 1 fully saturated rings. The fraction of sp³-hybridized carbons (Fsp3) is 0.467. The number of hydrogen-bond acceptors (Lipinski definition) is 5. The van der Waals surface area contributed by atoms with Crippen LogP contribution in [0, 0.1) is 6.92 Å². The molecule has 5 heteroatoms. The summed E-state index contributed by atoms with van der Waals surface area (Å²) in [4.78, 5) is 2.55. The molecule has 3 rings (SSSR count). The second-order valence-electron chi connectivity index (χ2n) is 5.12. The van der Waals surface area contributed by atoms with Gasteiger partial charge < -0.3 is 0 Å². The van der Waals surface area contributed by atoms with Crippen molar-refractivity contribution in [3.8, 4) is 0 Å². The number of aryl methyl sites for hydroxylation is 1. The molecule has 1 aromatic carbocycles. The Morgan fingerprint density at radius 1 is 1.25 bits per heavy atom. The molecule has 106 valence electrons. The third kappa shape index (κ3) is 3.05. The highest BCUT2D eigenvalue weighted by Gasteiger charge is 2.30. The Kier molecular flexibility index (Phi) is 4.38. The van der Waals surface area contributed by atoms with Crippen LogP contribution in [0.5, 0.6) is 0 Å². The maximum atomic E-state index is 4.28. The number of aromatic nitrogens is 2. The monoisotopic (exact) mass is 305 g/mol. The zero-order valence-electron chi connectivity index (χ0n) is 11.8. The molecule has 20 heavy (non-hydrogen) atoms. The summed E-state index contributed by atoms with van der Waals surface area (Å²) in [5.41, 5.74) is 1.41. The van der Waals surface area contributed by atoms with Gasteiger partial charge in [-0.2, -0.15) is 11.8 Å². The fourth-order valence-corrected chi connectivity index (χ4v) is 4.73. The van der Waals surface area contributed by atoms with E-state index < -0.39 is 0 Å². The summed E-state index contributed by atoms with van der Waals surface area (Å²) in [6, 6.07) is 11.3. The van der Waals surface area contributed by atoms with Crippen molar-refractivity contribution in [2.45, 2.75) is 31.7 Å². The minimum Gasteiger partial charge on any atom is -0.288 e. The highest BCUT2D eigenvalue weighted by atomic mass is 32.2. The van der Waals surface area contributed by atoms with Crippen molar-refractivity contribution in [3.05, 3.63) is 45.9 Å². The smallest absolute Gasteiger partial charge is 0.131 e. The van der Waals surface area contributed by atoms with Gasteiger partial charge in [-0.05, 0) is 12.5 Å². The summed E-state index contributed by atoms with van der Waals surface area (Å²) in [5.74, 6) is 1.20. The van der Waals surface area contributed by atoms with Gasteiger partial charge in [0.05, 0.1) is 6.54 Å². The van der Waals surface area contributed by atoms with Crippen LogP contribution in [-0.4, -0.2) is 32.6 Å². The summed E-state index contributed by atoms with van der Waals surface area (Å²) in [6.45, 7) is 6.38. The first-order valence-corrected chi connectivity index (χ1v) is 8.80. The first kappa shape index (κ1) is 14.0. The van der Waals surface area contributed by atoms with Gasteiger partial charge in [-0.15, -0.1) is 21.5 Å². The molecule has 2 heterocycles. The molecule has 1 aromatic heterocycles. The number of benzene rings is 1. The molecule has 0 N–H and O–H groups in total. The molecule has 1 aliphatic rings. The second-order valence-corrected chi connectivity index (χ2v) is 7.87. The van der Waals surface area contributed by atoms with E-state index in [0.29, 0.717) is 11.3 Å². The van der Waals surface area contributed by atoms with E-state index in [2.05, 4.69) is 64.1 Å². The molecule has 2 atom stereocenters. The third-order valence-corrected chi connectivity index (χ3v) is 5.67. The van der Waals surface area contributed by atoms with E-state index in [9.17, 15) is 0 Å². The Hall–Kier alpha value is -0.910. The molecular weight excluding hydrogens is 286 g/mol. The summed E-state index contributed by atoms with van der Waals surface area (Å²) in [7, 11) is 0. The van der Waals surface area contributed by atoms with Crippen molar-refractivity contribution in [3.63, 3.8) is 0 Å².